The van der Waals surface area contributed by atoms with Gasteiger partial charge in [-0.3, -0.25) is 19.7 Å². The smallest absolute Gasteiger partial charge is 0.316 e. The number of allylic oxidation sites excluding steroid dienone is 2. The van der Waals surface area contributed by atoms with Gasteiger partial charge in [-0.05, 0) is 61.3 Å². The third-order valence-electron chi connectivity index (χ3n) is 8.02. The van der Waals surface area contributed by atoms with E-state index in [1.54, 1.807) is 26.4 Å². The van der Waals surface area contributed by atoms with E-state index in [9.17, 15) is 19.7 Å². The normalized spacial score (nSPS) is 23.2. The SMILES string of the molecule is C=C1NC2=C(C(=O)CC(c3ccc(OC)c(OC)c3)C2)C(c2ccc([N+](=O)[O-])cc2)C1C(=O)OC1CCCC1. The highest BCUT2D eigenvalue weighted by atomic mass is 16.6. The van der Waals surface area contributed by atoms with Gasteiger partial charge in [-0.2, -0.15) is 0 Å². The molecule has 204 valence electrons. The standard InChI is InChI=1S/C30H32N2O7/c1-17-27(30(34)39-22-6-4-5-7-22)28(18-8-11-21(12-9-18)32(35)36)29-23(31-17)14-20(15-24(29)33)19-10-13-25(37-2)26(16-19)38-3/h8-13,16,20,22,27-28,31H,1,4-7,14-15H2,2-3H3. The van der Waals surface area contributed by atoms with E-state index in [2.05, 4.69) is 11.9 Å². The average molecular weight is 533 g/mol. The van der Waals surface area contributed by atoms with Crippen molar-refractivity contribution in [1.29, 1.82) is 0 Å². The minimum absolute atomic E-state index is 0.0608. The van der Waals surface area contributed by atoms with E-state index in [1.807, 2.05) is 18.2 Å². The second-order valence-electron chi connectivity index (χ2n) is 10.3. The number of hydrogen-bond donors (Lipinski definition) is 1. The Hall–Kier alpha value is -4.14. The molecule has 0 spiro atoms. The van der Waals surface area contributed by atoms with E-state index in [0.29, 0.717) is 40.5 Å². The maximum absolute atomic E-state index is 13.8. The fraction of sp³-hybridized carbons (Fsp3) is 0.400. The van der Waals surface area contributed by atoms with Crippen LogP contribution >= 0.6 is 0 Å². The Balaban J connectivity index is 1.53. The maximum atomic E-state index is 13.8. The van der Waals surface area contributed by atoms with E-state index in [-0.39, 0.29) is 29.9 Å². The van der Waals surface area contributed by atoms with Crippen LogP contribution in [0.3, 0.4) is 0 Å². The number of nitrogens with one attached hydrogen (secondary N) is 1. The highest BCUT2D eigenvalue weighted by Crippen LogP contribution is 2.48. The third-order valence-corrected chi connectivity index (χ3v) is 8.02. The number of nitro groups is 1. The lowest BCUT2D eigenvalue weighted by atomic mass is 9.69. The number of benzene rings is 2. The van der Waals surface area contributed by atoms with Crippen LogP contribution in [0.15, 0.2) is 66.0 Å². The molecule has 0 radical (unpaired) electrons. The van der Waals surface area contributed by atoms with E-state index in [4.69, 9.17) is 14.2 Å². The van der Waals surface area contributed by atoms with Crippen LogP contribution in [-0.2, 0) is 14.3 Å². The van der Waals surface area contributed by atoms with Gasteiger partial charge in [-0.25, -0.2) is 0 Å². The fourth-order valence-electron chi connectivity index (χ4n) is 6.08. The number of non-ortho nitro benzene ring substituents is 1. The van der Waals surface area contributed by atoms with Crippen molar-refractivity contribution in [1.82, 2.24) is 5.32 Å². The molecule has 0 amide bonds. The number of nitrogens with zero attached hydrogens (tertiary/aromatic N) is 1. The van der Waals surface area contributed by atoms with Crippen molar-refractivity contribution in [2.24, 2.45) is 5.92 Å². The molecule has 2 aromatic rings. The van der Waals surface area contributed by atoms with Crippen LogP contribution < -0.4 is 14.8 Å². The molecule has 0 aromatic heterocycles. The van der Waals surface area contributed by atoms with Crippen LogP contribution in [0.1, 0.15) is 61.5 Å². The van der Waals surface area contributed by atoms with Crippen LogP contribution in [-0.4, -0.2) is 37.0 Å². The number of carbonyl (C=O) groups excluding carboxylic acids is 2. The number of ketones is 1. The summed E-state index contributed by atoms with van der Waals surface area (Å²) in [5.41, 5.74) is 3.21. The molecular weight excluding hydrogens is 500 g/mol. The highest BCUT2D eigenvalue weighted by Gasteiger charge is 2.46. The number of esters is 1. The maximum Gasteiger partial charge on any atom is 0.316 e. The molecule has 0 bridgehead atoms. The monoisotopic (exact) mass is 532 g/mol. The molecule has 1 saturated carbocycles. The first kappa shape index (κ1) is 26.5. The Labute approximate surface area is 227 Å². The fourth-order valence-corrected chi connectivity index (χ4v) is 6.08. The molecule has 39 heavy (non-hydrogen) atoms. The second-order valence-corrected chi connectivity index (χ2v) is 10.3. The minimum atomic E-state index is -0.826. The van der Waals surface area contributed by atoms with Crippen molar-refractivity contribution >= 4 is 17.4 Å². The summed E-state index contributed by atoms with van der Waals surface area (Å²) in [4.78, 5) is 38.2. The largest absolute Gasteiger partial charge is 0.493 e. The summed E-state index contributed by atoms with van der Waals surface area (Å²) >= 11 is 0. The van der Waals surface area contributed by atoms with Crippen molar-refractivity contribution in [3.8, 4) is 11.5 Å². The number of Topliss-reactive ketones (excluding diaryl/α,β-unsaturated/α-hetero) is 1. The lowest BCUT2D eigenvalue weighted by molar-refractivity contribution is -0.384. The zero-order valence-corrected chi connectivity index (χ0v) is 22.1. The quantitative estimate of drug-likeness (QED) is 0.289. The average Bonchev–Trinajstić information content (AvgIpc) is 3.44. The summed E-state index contributed by atoms with van der Waals surface area (Å²) in [5, 5.41) is 14.6. The molecule has 1 fully saturated rings. The minimum Gasteiger partial charge on any atom is -0.493 e. The van der Waals surface area contributed by atoms with Gasteiger partial charge < -0.3 is 19.5 Å². The van der Waals surface area contributed by atoms with E-state index < -0.39 is 22.7 Å². The van der Waals surface area contributed by atoms with Crippen LogP contribution in [0, 0.1) is 16.0 Å². The number of methoxy groups -OCH3 is 2. The summed E-state index contributed by atoms with van der Waals surface area (Å²) < 4.78 is 16.7. The summed E-state index contributed by atoms with van der Waals surface area (Å²) in [6, 6.07) is 11.7. The predicted octanol–water partition coefficient (Wildman–Crippen LogP) is 5.32. The van der Waals surface area contributed by atoms with Gasteiger partial charge in [0.05, 0.1) is 19.1 Å². The summed E-state index contributed by atoms with van der Waals surface area (Å²) in [6.45, 7) is 4.17. The van der Waals surface area contributed by atoms with Crippen molar-refractivity contribution in [2.45, 2.75) is 56.5 Å². The van der Waals surface area contributed by atoms with Gasteiger partial charge in [0.1, 0.15) is 12.0 Å². The molecular formula is C30H32N2O7. The molecule has 2 aliphatic carbocycles. The van der Waals surface area contributed by atoms with E-state index >= 15 is 0 Å². The molecule has 3 unspecified atom stereocenters. The molecule has 2 aromatic carbocycles. The van der Waals surface area contributed by atoms with Gasteiger partial charge in [-0.15, -0.1) is 0 Å². The molecule has 3 atom stereocenters. The number of nitro benzene ring substituents is 1. The Morgan fingerprint density at radius 2 is 1.67 bits per heavy atom. The van der Waals surface area contributed by atoms with Crippen molar-refractivity contribution in [3.05, 3.63) is 87.3 Å². The molecule has 1 N–H and O–H groups in total. The molecule has 1 heterocycles. The van der Waals surface area contributed by atoms with Gasteiger partial charge in [0.15, 0.2) is 17.3 Å². The highest BCUT2D eigenvalue weighted by molar-refractivity contribution is 6.01. The van der Waals surface area contributed by atoms with Gasteiger partial charge in [0, 0.05) is 41.4 Å². The van der Waals surface area contributed by atoms with E-state index in [0.717, 1.165) is 31.2 Å². The third kappa shape index (κ3) is 5.13. The zero-order valence-electron chi connectivity index (χ0n) is 22.1. The molecule has 1 aliphatic heterocycles. The molecule has 5 rings (SSSR count). The first-order valence-corrected chi connectivity index (χ1v) is 13.2. The van der Waals surface area contributed by atoms with Crippen LogP contribution in [0.5, 0.6) is 11.5 Å². The van der Waals surface area contributed by atoms with Crippen molar-refractivity contribution in [2.75, 3.05) is 14.2 Å². The Bertz CT molecular complexity index is 1340. The summed E-state index contributed by atoms with van der Waals surface area (Å²) in [7, 11) is 3.14. The van der Waals surface area contributed by atoms with Gasteiger partial charge >= 0.3 is 5.97 Å². The molecule has 3 aliphatic rings. The topological polar surface area (TPSA) is 117 Å². The Morgan fingerprint density at radius 3 is 2.31 bits per heavy atom. The molecule has 9 heteroatoms. The van der Waals surface area contributed by atoms with Gasteiger partial charge in [0.25, 0.3) is 5.69 Å². The number of ether oxygens (including phenoxy) is 3. The van der Waals surface area contributed by atoms with Crippen molar-refractivity contribution in [3.63, 3.8) is 0 Å². The number of carbonyl (C=O) groups is 2. The first-order valence-electron chi connectivity index (χ1n) is 13.2. The summed E-state index contributed by atoms with van der Waals surface area (Å²) in [5.74, 6) is -0.913. The summed E-state index contributed by atoms with van der Waals surface area (Å²) in [6.07, 6.45) is 4.30. The van der Waals surface area contributed by atoms with Crippen LogP contribution in [0.25, 0.3) is 0 Å². The number of hydrogen-bond acceptors (Lipinski definition) is 8. The Kier molecular flexibility index (Phi) is 7.41. The molecule has 9 nitrogen and oxygen atoms in total. The zero-order chi connectivity index (χ0) is 27.7. The lowest BCUT2D eigenvalue weighted by Gasteiger charge is -2.40. The first-order chi connectivity index (χ1) is 18.8. The van der Waals surface area contributed by atoms with Crippen LogP contribution in [0.4, 0.5) is 5.69 Å². The van der Waals surface area contributed by atoms with Crippen molar-refractivity contribution < 1.29 is 28.7 Å². The van der Waals surface area contributed by atoms with Gasteiger partial charge in [0.2, 0.25) is 0 Å². The lowest BCUT2D eigenvalue weighted by Crippen LogP contribution is -2.42. The number of rotatable bonds is 7. The second kappa shape index (κ2) is 10.9. The Morgan fingerprint density at radius 1 is 1.00 bits per heavy atom. The molecule has 0 saturated heterocycles. The predicted molar refractivity (Wildman–Crippen MR) is 144 cm³/mol. The van der Waals surface area contributed by atoms with Gasteiger partial charge in [-0.1, -0.05) is 24.8 Å². The van der Waals surface area contributed by atoms with Crippen LogP contribution in [0.2, 0.25) is 0 Å². The van der Waals surface area contributed by atoms with E-state index in [1.165, 1.54) is 12.1 Å².